The van der Waals surface area contributed by atoms with Crippen LogP contribution in [0.25, 0.3) is 10.9 Å². The molecule has 1 heterocycles. The van der Waals surface area contributed by atoms with Crippen molar-refractivity contribution in [2.24, 2.45) is 0 Å². The van der Waals surface area contributed by atoms with Crippen LogP contribution in [0.15, 0.2) is 24.3 Å². The number of aromatic nitrogens is 1. The summed E-state index contributed by atoms with van der Waals surface area (Å²) in [7, 11) is -1.70. The van der Waals surface area contributed by atoms with Crippen LogP contribution in [-0.4, -0.2) is 28.5 Å². The minimum absolute atomic E-state index is 0.101. The van der Waals surface area contributed by atoms with Crippen molar-refractivity contribution in [3.8, 4) is 5.75 Å². The summed E-state index contributed by atoms with van der Waals surface area (Å²) in [5.74, 6) is -0.358. The fourth-order valence-electron chi connectivity index (χ4n) is 1.47. The van der Waals surface area contributed by atoms with Gasteiger partial charge in [-0.3, -0.25) is 0 Å². The van der Waals surface area contributed by atoms with E-state index in [9.17, 15) is 13.2 Å². The van der Waals surface area contributed by atoms with Gasteiger partial charge in [0.05, 0.1) is 0 Å². The topological polar surface area (TPSA) is 65.5 Å². The highest BCUT2D eigenvalue weighted by molar-refractivity contribution is 6.58. The second-order valence-electron chi connectivity index (χ2n) is 3.40. The normalized spacial score (nSPS) is 11.8. The summed E-state index contributed by atoms with van der Waals surface area (Å²) < 4.78 is 39.6. The van der Waals surface area contributed by atoms with Crippen molar-refractivity contribution in [3.63, 3.8) is 0 Å². The zero-order valence-corrected chi connectivity index (χ0v) is 8.32. The van der Waals surface area contributed by atoms with Gasteiger partial charge in [-0.1, -0.05) is 0 Å². The number of halogens is 3. The number of benzene rings is 1. The first-order valence-electron chi connectivity index (χ1n) is 4.60. The minimum atomic E-state index is -4.75. The van der Waals surface area contributed by atoms with Gasteiger partial charge in [-0.2, -0.15) is 0 Å². The average molecular weight is 245 g/mol. The van der Waals surface area contributed by atoms with Gasteiger partial charge in [0.15, 0.2) is 0 Å². The van der Waals surface area contributed by atoms with E-state index in [1.807, 2.05) is 0 Å². The van der Waals surface area contributed by atoms with Gasteiger partial charge in [-0.05, 0) is 24.3 Å². The Morgan fingerprint density at radius 2 is 1.88 bits per heavy atom. The van der Waals surface area contributed by atoms with Crippen LogP contribution in [-0.2, 0) is 0 Å². The predicted molar refractivity (Wildman–Crippen MR) is 54.8 cm³/mol. The van der Waals surface area contributed by atoms with Crippen molar-refractivity contribution in [2.75, 3.05) is 0 Å². The second-order valence-corrected chi connectivity index (χ2v) is 3.40. The molecule has 17 heavy (non-hydrogen) atoms. The number of H-pyrrole nitrogens is 1. The molecule has 0 fully saturated rings. The second kappa shape index (κ2) is 3.97. The van der Waals surface area contributed by atoms with Gasteiger partial charge in [-0.25, -0.2) is 0 Å². The first kappa shape index (κ1) is 11.8. The van der Waals surface area contributed by atoms with Gasteiger partial charge in [0.25, 0.3) is 0 Å². The molecular formula is C9H7BF3NO3. The van der Waals surface area contributed by atoms with Crippen molar-refractivity contribution < 1.29 is 28.0 Å². The number of hydrogen-bond donors (Lipinski definition) is 3. The van der Waals surface area contributed by atoms with Crippen LogP contribution < -0.4 is 10.3 Å². The first-order valence-corrected chi connectivity index (χ1v) is 4.60. The van der Waals surface area contributed by atoms with Gasteiger partial charge in [0.2, 0.25) is 0 Å². The van der Waals surface area contributed by atoms with Crippen LogP contribution >= 0.6 is 0 Å². The van der Waals surface area contributed by atoms with Crippen LogP contribution in [0.3, 0.4) is 0 Å². The molecule has 0 bridgehead atoms. The Morgan fingerprint density at radius 3 is 2.47 bits per heavy atom. The van der Waals surface area contributed by atoms with Gasteiger partial charge >= 0.3 is 13.5 Å². The molecule has 8 heteroatoms. The molecule has 3 N–H and O–H groups in total. The van der Waals surface area contributed by atoms with Gasteiger partial charge < -0.3 is 19.8 Å². The van der Waals surface area contributed by atoms with E-state index < -0.39 is 13.5 Å². The lowest BCUT2D eigenvalue weighted by Gasteiger charge is -2.08. The molecule has 2 aromatic rings. The number of hydrogen-bond acceptors (Lipinski definition) is 3. The Morgan fingerprint density at radius 1 is 1.18 bits per heavy atom. The molecule has 0 aliphatic carbocycles. The maximum absolute atomic E-state index is 12.0. The summed E-state index contributed by atoms with van der Waals surface area (Å²) in [6.45, 7) is 0. The molecule has 1 aromatic heterocycles. The molecular weight excluding hydrogens is 238 g/mol. The van der Waals surface area contributed by atoms with E-state index >= 15 is 0 Å². The zero-order chi connectivity index (χ0) is 12.6. The van der Waals surface area contributed by atoms with Crippen molar-refractivity contribution in [2.45, 2.75) is 6.36 Å². The highest BCUT2D eigenvalue weighted by atomic mass is 19.4. The van der Waals surface area contributed by atoms with Crippen molar-refractivity contribution >= 4 is 23.6 Å². The third kappa shape index (κ3) is 2.72. The standard InChI is InChI=1S/C9H7BF3NO3/c11-9(12,13)17-6-1-2-7-5(3-6)4-8(14-7)10(15)16/h1-4,14-16H. The van der Waals surface area contributed by atoms with E-state index in [1.165, 1.54) is 12.1 Å². The Hall–Kier alpha value is -1.67. The van der Waals surface area contributed by atoms with Crippen molar-refractivity contribution in [1.29, 1.82) is 0 Å². The van der Waals surface area contributed by atoms with E-state index in [4.69, 9.17) is 10.0 Å². The van der Waals surface area contributed by atoms with E-state index in [0.29, 0.717) is 10.9 Å². The van der Waals surface area contributed by atoms with Crippen LogP contribution in [0.4, 0.5) is 13.2 Å². The number of fused-ring (bicyclic) bond motifs is 1. The average Bonchev–Trinajstić information content (AvgIpc) is 2.57. The largest absolute Gasteiger partial charge is 0.573 e. The fourth-order valence-corrected chi connectivity index (χ4v) is 1.47. The Bertz CT molecular complexity index is 538. The predicted octanol–water partition coefficient (Wildman–Crippen LogP) is 0.746. The molecule has 0 aliphatic rings. The fraction of sp³-hybridized carbons (Fsp3) is 0.111. The maximum Gasteiger partial charge on any atom is 0.573 e. The highest BCUT2D eigenvalue weighted by Gasteiger charge is 2.31. The number of alkyl halides is 3. The molecule has 90 valence electrons. The summed E-state index contributed by atoms with van der Waals surface area (Å²) in [5.41, 5.74) is 0.590. The van der Waals surface area contributed by atoms with Crippen LogP contribution in [0.5, 0.6) is 5.75 Å². The third-order valence-corrected chi connectivity index (χ3v) is 2.12. The van der Waals surface area contributed by atoms with Crippen LogP contribution in [0, 0.1) is 0 Å². The molecule has 0 saturated heterocycles. The quantitative estimate of drug-likeness (QED) is 0.684. The number of nitrogens with one attached hydrogen (secondary N) is 1. The van der Waals surface area contributed by atoms with E-state index in [2.05, 4.69) is 9.72 Å². The maximum atomic E-state index is 12.0. The molecule has 1 aromatic carbocycles. The number of ether oxygens (including phenoxy) is 1. The van der Waals surface area contributed by atoms with Crippen LogP contribution in [0.2, 0.25) is 0 Å². The number of aromatic amines is 1. The summed E-state index contributed by atoms with van der Waals surface area (Å²) in [5, 5.41) is 18.2. The summed E-state index contributed by atoms with van der Waals surface area (Å²) in [6, 6.07) is 5.00. The lowest BCUT2D eigenvalue weighted by Crippen LogP contribution is -2.30. The van der Waals surface area contributed by atoms with E-state index in [-0.39, 0.29) is 11.3 Å². The van der Waals surface area contributed by atoms with Crippen molar-refractivity contribution in [3.05, 3.63) is 24.3 Å². The van der Waals surface area contributed by atoms with Gasteiger partial charge in [-0.15, -0.1) is 13.2 Å². The third-order valence-electron chi connectivity index (χ3n) is 2.12. The van der Waals surface area contributed by atoms with Crippen molar-refractivity contribution in [1.82, 2.24) is 4.98 Å². The molecule has 0 atom stereocenters. The van der Waals surface area contributed by atoms with E-state index in [0.717, 1.165) is 12.1 Å². The first-order chi connectivity index (χ1) is 7.85. The molecule has 0 radical (unpaired) electrons. The monoisotopic (exact) mass is 245 g/mol. The molecule has 0 unspecified atom stereocenters. The Labute approximate surface area is 93.8 Å². The van der Waals surface area contributed by atoms with E-state index in [1.54, 1.807) is 0 Å². The zero-order valence-electron chi connectivity index (χ0n) is 8.32. The SMILES string of the molecule is OB(O)c1cc2cc(OC(F)(F)F)ccc2[nH]1. The number of rotatable bonds is 2. The smallest absolute Gasteiger partial charge is 0.422 e. The van der Waals surface area contributed by atoms with Crippen LogP contribution in [0.1, 0.15) is 0 Å². The Balaban J connectivity index is 2.37. The lowest BCUT2D eigenvalue weighted by molar-refractivity contribution is -0.274. The molecule has 0 amide bonds. The summed E-state index contributed by atoms with van der Waals surface area (Å²) in [6.07, 6.45) is -4.75. The van der Waals surface area contributed by atoms with Gasteiger partial charge in [0.1, 0.15) is 5.75 Å². The van der Waals surface area contributed by atoms with Gasteiger partial charge in [0, 0.05) is 16.5 Å². The molecule has 4 nitrogen and oxygen atoms in total. The summed E-state index contributed by atoms with van der Waals surface area (Å²) >= 11 is 0. The summed E-state index contributed by atoms with van der Waals surface area (Å²) in [4.78, 5) is 2.65. The highest BCUT2D eigenvalue weighted by Crippen LogP contribution is 2.25. The molecule has 0 spiro atoms. The molecule has 0 aliphatic heterocycles. The minimum Gasteiger partial charge on any atom is -0.422 e. The molecule has 0 saturated carbocycles. The Kier molecular flexibility index (Phi) is 2.76. The molecule has 2 rings (SSSR count). The lowest BCUT2D eigenvalue weighted by atomic mass is 9.86.